The first kappa shape index (κ1) is 19.4. The summed E-state index contributed by atoms with van der Waals surface area (Å²) in [5.74, 6) is 0.428. The van der Waals surface area contributed by atoms with E-state index in [9.17, 15) is 9.59 Å². The van der Waals surface area contributed by atoms with Gasteiger partial charge in [-0.1, -0.05) is 42.4 Å². The molecular weight excluding hydrogens is 386 g/mol. The molecule has 2 heterocycles. The van der Waals surface area contributed by atoms with E-state index in [4.69, 9.17) is 11.6 Å². The molecule has 0 radical (unpaired) electrons. The summed E-state index contributed by atoms with van der Waals surface area (Å²) in [5.41, 5.74) is 1.17. The second kappa shape index (κ2) is 8.58. The Morgan fingerprint density at radius 3 is 2.78 bits per heavy atom. The normalized spacial score (nSPS) is 12.3. The van der Waals surface area contributed by atoms with Crippen LogP contribution < -0.4 is 11.0 Å². The van der Waals surface area contributed by atoms with Gasteiger partial charge < -0.3 is 5.32 Å². The topological polar surface area (TPSA) is 81.3 Å². The average Bonchev–Trinajstić information content (AvgIpc) is 2.97. The molecule has 142 valence electrons. The number of halogens is 1. The van der Waals surface area contributed by atoms with Crippen LogP contribution in [0.3, 0.4) is 0 Å². The van der Waals surface area contributed by atoms with Crippen LogP contribution in [0.25, 0.3) is 5.65 Å². The number of benzene rings is 1. The third-order valence-corrected chi connectivity index (χ3v) is 5.36. The van der Waals surface area contributed by atoms with Crippen LogP contribution in [0.5, 0.6) is 0 Å². The van der Waals surface area contributed by atoms with Crippen LogP contribution in [0.4, 0.5) is 0 Å². The van der Waals surface area contributed by atoms with Crippen molar-refractivity contribution in [3.63, 3.8) is 0 Å². The Bertz CT molecular complexity index is 999. The lowest BCUT2D eigenvalue weighted by molar-refractivity contribution is -0.122. The number of hydrogen-bond donors (Lipinski definition) is 1. The molecule has 3 aromatic rings. The number of aromatic nitrogens is 4. The van der Waals surface area contributed by atoms with Gasteiger partial charge in [0.25, 0.3) is 0 Å². The van der Waals surface area contributed by atoms with Crippen LogP contribution in [0.15, 0.2) is 46.5 Å². The summed E-state index contributed by atoms with van der Waals surface area (Å²) < 4.78 is 2.58. The van der Waals surface area contributed by atoms with Crippen molar-refractivity contribution in [2.45, 2.75) is 43.6 Å². The summed E-state index contributed by atoms with van der Waals surface area (Å²) in [7, 11) is 0. The number of thioether (sulfide) groups is 1. The maximum absolute atomic E-state index is 12.5. The average molecular weight is 406 g/mol. The molecule has 27 heavy (non-hydrogen) atoms. The van der Waals surface area contributed by atoms with Gasteiger partial charge in [0.1, 0.15) is 11.6 Å². The van der Waals surface area contributed by atoms with Crippen molar-refractivity contribution < 1.29 is 4.79 Å². The molecule has 3 rings (SSSR count). The largest absolute Gasteiger partial charge is 0.352 e. The number of rotatable bonds is 7. The van der Waals surface area contributed by atoms with Crippen LogP contribution in [-0.4, -0.2) is 31.1 Å². The first-order valence-corrected chi connectivity index (χ1v) is 9.95. The van der Waals surface area contributed by atoms with Crippen LogP contribution in [0.2, 0.25) is 5.02 Å². The molecule has 0 aliphatic carbocycles. The molecule has 2 aromatic heterocycles. The number of fused-ring (bicyclic) bond motifs is 1. The molecule has 0 spiro atoms. The SMILES string of the molecule is CCC(C)NC(=O)Cn1nc2c(SCc3ccc(Cl)cc3)nccn2c1=O. The van der Waals surface area contributed by atoms with Gasteiger partial charge in [0.2, 0.25) is 5.91 Å². The van der Waals surface area contributed by atoms with Crippen molar-refractivity contribution in [3.8, 4) is 0 Å². The quantitative estimate of drug-likeness (QED) is 0.611. The van der Waals surface area contributed by atoms with Gasteiger partial charge in [-0.2, -0.15) is 0 Å². The minimum atomic E-state index is -0.361. The van der Waals surface area contributed by atoms with Gasteiger partial charge in [-0.05, 0) is 31.0 Å². The predicted octanol–water partition coefficient (Wildman–Crippen LogP) is 2.75. The zero-order valence-corrected chi connectivity index (χ0v) is 16.6. The highest BCUT2D eigenvalue weighted by Crippen LogP contribution is 2.24. The Balaban J connectivity index is 1.80. The summed E-state index contributed by atoms with van der Waals surface area (Å²) in [4.78, 5) is 28.9. The Labute approximate surface area is 165 Å². The number of amides is 1. The summed E-state index contributed by atoms with van der Waals surface area (Å²) in [6.45, 7) is 3.78. The molecule has 1 amide bonds. The fraction of sp³-hybridized carbons (Fsp3) is 0.333. The number of carbonyl (C=O) groups is 1. The Morgan fingerprint density at radius 1 is 1.33 bits per heavy atom. The van der Waals surface area contributed by atoms with Gasteiger partial charge >= 0.3 is 5.69 Å². The van der Waals surface area contributed by atoms with E-state index >= 15 is 0 Å². The van der Waals surface area contributed by atoms with E-state index in [1.165, 1.54) is 20.8 Å². The standard InChI is InChI=1S/C18H20ClN5O2S/c1-3-12(2)21-15(25)10-24-18(26)23-9-8-20-17(16(23)22-24)27-11-13-4-6-14(19)7-5-13/h4-9,12H,3,10-11H2,1-2H3,(H,21,25). The number of nitrogens with zero attached hydrogens (tertiary/aromatic N) is 4. The third-order valence-electron chi connectivity index (χ3n) is 4.07. The van der Waals surface area contributed by atoms with Crippen molar-refractivity contribution in [1.82, 2.24) is 24.5 Å². The molecule has 0 saturated carbocycles. The fourth-order valence-corrected chi connectivity index (χ4v) is 3.45. The van der Waals surface area contributed by atoms with Crippen LogP contribution in [-0.2, 0) is 17.1 Å². The molecule has 0 bridgehead atoms. The molecule has 0 fully saturated rings. The van der Waals surface area contributed by atoms with Crippen LogP contribution in [0, 0.1) is 0 Å². The Kier molecular flexibility index (Phi) is 6.18. The predicted molar refractivity (Wildman–Crippen MR) is 106 cm³/mol. The molecular formula is C18H20ClN5O2S. The van der Waals surface area contributed by atoms with Crippen molar-refractivity contribution in [1.29, 1.82) is 0 Å². The van der Waals surface area contributed by atoms with Gasteiger partial charge in [-0.15, -0.1) is 5.10 Å². The lowest BCUT2D eigenvalue weighted by Gasteiger charge is -2.10. The van der Waals surface area contributed by atoms with Crippen molar-refractivity contribution >= 4 is 34.9 Å². The maximum Gasteiger partial charge on any atom is 0.350 e. The van der Waals surface area contributed by atoms with E-state index in [2.05, 4.69) is 15.4 Å². The maximum atomic E-state index is 12.5. The summed E-state index contributed by atoms with van der Waals surface area (Å²) >= 11 is 7.38. The lowest BCUT2D eigenvalue weighted by atomic mass is 10.2. The zero-order chi connectivity index (χ0) is 19.4. The first-order valence-electron chi connectivity index (χ1n) is 8.58. The van der Waals surface area contributed by atoms with E-state index in [1.807, 2.05) is 38.1 Å². The van der Waals surface area contributed by atoms with Crippen LogP contribution in [0.1, 0.15) is 25.8 Å². The summed E-state index contributed by atoms with van der Waals surface area (Å²) in [6, 6.07) is 7.61. The van der Waals surface area contributed by atoms with E-state index in [1.54, 1.807) is 12.4 Å². The van der Waals surface area contributed by atoms with E-state index in [0.717, 1.165) is 12.0 Å². The van der Waals surface area contributed by atoms with Gasteiger partial charge in [0.15, 0.2) is 5.65 Å². The summed E-state index contributed by atoms with van der Waals surface area (Å²) in [6.07, 6.45) is 3.94. The first-order chi connectivity index (χ1) is 13.0. The highest BCUT2D eigenvalue weighted by Gasteiger charge is 2.15. The van der Waals surface area contributed by atoms with Crippen molar-refractivity contribution in [2.75, 3.05) is 0 Å². The zero-order valence-electron chi connectivity index (χ0n) is 15.1. The monoisotopic (exact) mass is 405 g/mol. The minimum absolute atomic E-state index is 0.0531. The number of hydrogen-bond acceptors (Lipinski definition) is 5. The molecule has 7 nitrogen and oxygen atoms in total. The second-order valence-electron chi connectivity index (χ2n) is 6.16. The number of carbonyl (C=O) groups excluding carboxylic acids is 1. The van der Waals surface area contributed by atoms with Crippen molar-refractivity contribution in [2.24, 2.45) is 0 Å². The van der Waals surface area contributed by atoms with Gasteiger partial charge in [0.05, 0.1) is 0 Å². The minimum Gasteiger partial charge on any atom is -0.352 e. The van der Waals surface area contributed by atoms with Gasteiger partial charge in [0, 0.05) is 29.2 Å². The van der Waals surface area contributed by atoms with E-state index in [0.29, 0.717) is 21.4 Å². The third kappa shape index (κ3) is 4.70. The molecule has 0 saturated heterocycles. The Morgan fingerprint density at radius 2 is 2.07 bits per heavy atom. The van der Waals surface area contributed by atoms with Gasteiger partial charge in [-0.25, -0.2) is 18.9 Å². The number of nitrogens with one attached hydrogen (secondary N) is 1. The molecule has 1 atom stereocenters. The lowest BCUT2D eigenvalue weighted by Crippen LogP contribution is -2.37. The molecule has 0 aliphatic heterocycles. The van der Waals surface area contributed by atoms with E-state index < -0.39 is 0 Å². The molecule has 1 N–H and O–H groups in total. The van der Waals surface area contributed by atoms with Crippen LogP contribution >= 0.6 is 23.4 Å². The van der Waals surface area contributed by atoms with Crippen molar-refractivity contribution in [3.05, 3.63) is 57.7 Å². The smallest absolute Gasteiger partial charge is 0.350 e. The molecule has 1 aromatic carbocycles. The second-order valence-corrected chi connectivity index (χ2v) is 7.56. The van der Waals surface area contributed by atoms with E-state index in [-0.39, 0.29) is 24.2 Å². The fourth-order valence-electron chi connectivity index (χ4n) is 2.42. The van der Waals surface area contributed by atoms with Gasteiger partial charge in [-0.3, -0.25) is 4.79 Å². The Hall–Kier alpha value is -2.32. The highest BCUT2D eigenvalue weighted by atomic mass is 35.5. The molecule has 9 heteroatoms. The molecule has 1 unspecified atom stereocenters. The summed E-state index contributed by atoms with van der Waals surface area (Å²) in [5, 5.41) is 8.46. The molecule has 0 aliphatic rings. The highest BCUT2D eigenvalue weighted by molar-refractivity contribution is 7.98.